The minimum absolute atomic E-state index is 0.231. The summed E-state index contributed by atoms with van der Waals surface area (Å²) in [4.78, 5) is 0. The minimum atomic E-state index is -0.399. The third kappa shape index (κ3) is 4.30. The zero-order valence-corrected chi connectivity index (χ0v) is 18.3. The Labute approximate surface area is 184 Å². The van der Waals surface area contributed by atoms with E-state index in [2.05, 4.69) is 46.6 Å². The fourth-order valence-corrected chi connectivity index (χ4v) is 4.60. The van der Waals surface area contributed by atoms with Crippen LogP contribution in [0.25, 0.3) is 10.8 Å². The van der Waals surface area contributed by atoms with E-state index in [9.17, 15) is 4.39 Å². The molecule has 0 aliphatic carbocycles. The minimum Gasteiger partial charge on any atom is -0.481 e. The fourth-order valence-electron chi connectivity index (χ4n) is 3.38. The first-order chi connectivity index (χ1) is 14.6. The second-order valence-electron chi connectivity index (χ2n) is 6.85. The molecule has 7 heteroatoms. The lowest BCUT2D eigenvalue weighted by molar-refractivity contribution is 0.210. The zero-order valence-electron chi connectivity index (χ0n) is 16.7. The molecule has 30 heavy (non-hydrogen) atoms. The van der Waals surface area contributed by atoms with Crippen LogP contribution in [0.4, 0.5) is 4.39 Å². The fraction of sp³-hybridized carbons (Fsp3) is 0.217. The molecule has 3 aromatic carbocycles. The van der Waals surface area contributed by atoms with E-state index in [0.29, 0.717) is 18.1 Å². The Morgan fingerprint density at radius 2 is 1.90 bits per heavy atom. The molecule has 4 nitrogen and oxygen atoms in total. The van der Waals surface area contributed by atoms with Gasteiger partial charge in [0.1, 0.15) is 11.6 Å². The van der Waals surface area contributed by atoms with Crippen molar-refractivity contribution in [2.24, 2.45) is 0 Å². The summed E-state index contributed by atoms with van der Waals surface area (Å²) in [5.74, 6) is 1.52. The maximum atomic E-state index is 13.3. The van der Waals surface area contributed by atoms with E-state index in [1.54, 1.807) is 11.8 Å². The number of aromatic nitrogens is 3. The molecule has 0 aliphatic heterocycles. The van der Waals surface area contributed by atoms with Crippen LogP contribution in [0.2, 0.25) is 5.02 Å². The number of fused-ring (bicyclic) bond motifs is 1. The molecule has 0 aliphatic rings. The van der Waals surface area contributed by atoms with Crippen LogP contribution < -0.4 is 4.74 Å². The number of hydrogen-bond acceptors (Lipinski definition) is 4. The van der Waals surface area contributed by atoms with Crippen LogP contribution in [0.3, 0.4) is 0 Å². The molecule has 0 spiro atoms. The van der Waals surface area contributed by atoms with E-state index in [4.69, 9.17) is 16.3 Å². The van der Waals surface area contributed by atoms with Gasteiger partial charge in [0.25, 0.3) is 0 Å². The van der Waals surface area contributed by atoms with Crippen LogP contribution in [-0.4, -0.2) is 14.8 Å². The van der Waals surface area contributed by atoms with Gasteiger partial charge in [0.15, 0.2) is 17.1 Å². The molecule has 1 atom stereocenters. The number of benzene rings is 3. The van der Waals surface area contributed by atoms with Gasteiger partial charge in [-0.1, -0.05) is 65.8 Å². The normalized spacial score (nSPS) is 12.3. The van der Waals surface area contributed by atoms with Crippen LogP contribution in [0, 0.1) is 5.82 Å². The summed E-state index contributed by atoms with van der Waals surface area (Å²) in [5.41, 5.74) is 1.26. The van der Waals surface area contributed by atoms with Crippen molar-refractivity contribution in [3.63, 3.8) is 0 Å². The topological polar surface area (TPSA) is 39.9 Å². The van der Waals surface area contributed by atoms with Gasteiger partial charge in [0.2, 0.25) is 0 Å². The molecule has 154 valence electrons. The van der Waals surface area contributed by atoms with Gasteiger partial charge in [-0.05, 0) is 48.4 Å². The molecular weight excluding hydrogens is 421 g/mol. The summed E-state index contributed by atoms with van der Waals surface area (Å²) in [6, 6.07) is 18.8. The van der Waals surface area contributed by atoms with E-state index in [0.717, 1.165) is 10.9 Å². The van der Waals surface area contributed by atoms with Crippen LogP contribution in [0.1, 0.15) is 31.3 Å². The summed E-state index contributed by atoms with van der Waals surface area (Å²) in [6.07, 6.45) is -0.382. The van der Waals surface area contributed by atoms with Crippen molar-refractivity contribution >= 4 is 34.1 Å². The Morgan fingerprint density at radius 3 is 2.70 bits per heavy atom. The van der Waals surface area contributed by atoms with Gasteiger partial charge in [0.05, 0.1) is 5.02 Å². The highest BCUT2D eigenvalue weighted by molar-refractivity contribution is 7.98. The Bertz CT molecular complexity index is 1180. The average Bonchev–Trinajstić information content (AvgIpc) is 3.17. The van der Waals surface area contributed by atoms with Crippen molar-refractivity contribution in [3.05, 3.63) is 82.9 Å². The number of hydrogen-bond donors (Lipinski definition) is 0. The first-order valence-electron chi connectivity index (χ1n) is 9.71. The predicted molar refractivity (Wildman–Crippen MR) is 120 cm³/mol. The van der Waals surface area contributed by atoms with Crippen LogP contribution in [0.15, 0.2) is 65.8 Å². The number of thioether (sulfide) groups is 1. The summed E-state index contributed by atoms with van der Waals surface area (Å²) in [5, 5.41) is 12.3. The lowest BCUT2D eigenvalue weighted by Crippen LogP contribution is -2.12. The van der Waals surface area contributed by atoms with Gasteiger partial charge >= 0.3 is 0 Å². The Kier molecular flexibility index (Phi) is 6.25. The van der Waals surface area contributed by atoms with E-state index < -0.39 is 5.82 Å². The molecule has 0 saturated heterocycles. The third-order valence-corrected chi connectivity index (χ3v) is 6.17. The summed E-state index contributed by atoms with van der Waals surface area (Å²) in [6.45, 7) is 4.65. The van der Waals surface area contributed by atoms with Gasteiger partial charge in [0, 0.05) is 12.3 Å². The van der Waals surface area contributed by atoms with E-state index in [1.807, 2.05) is 24.5 Å². The molecule has 0 radical (unpaired) electrons. The van der Waals surface area contributed by atoms with Crippen molar-refractivity contribution in [1.29, 1.82) is 0 Å². The van der Waals surface area contributed by atoms with E-state index in [1.165, 1.54) is 34.5 Å². The first kappa shape index (κ1) is 20.7. The van der Waals surface area contributed by atoms with Crippen molar-refractivity contribution in [1.82, 2.24) is 14.8 Å². The van der Waals surface area contributed by atoms with Gasteiger partial charge < -0.3 is 9.30 Å². The number of nitrogens with zero attached hydrogens (tertiary/aromatic N) is 3. The smallest absolute Gasteiger partial charge is 0.191 e. The lowest BCUT2D eigenvalue weighted by atomic mass is 10.1. The summed E-state index contributed by atoms with van der Waals surface area (Å²) >= 11 is 7.74. The van der Waals surface area contributed by atoms with Gasteiger partial charge in [-0.2, -0.15) is 0 Å². The van der Waals surface area contributed by atoms with Crippen molar-refractivity contribution < 1.29 is 9.13 Å². The molecule has 0 N–H and O–H groups in total. The molecule has 0 amide bonds. The van der Waals surface area contributed by atoms with E-state index >= 15 is 0 Å². The maximum Gasteiger partial charge on any atom is 0.191 e. The number of rotatable bonds is 7. The van der Waals surface area contributed by atoms with Crippen molar-refractivity contribution in [2.75, 3.05) is 0 Å². The summed E-state index contributed by atoms with van der Waals surface area (Å²) in [7, 11) is 0. The van der Waals surface area contributed by atoms with Gasteiger partial charge in [-0.3, -0.25) is 0 Å². The summed E-state index contributed by atoms with van der Waals surface area (Å²) < 4.78 is 21.3. The lowest BCUT2D eigenvalue weighted by Gasteiger charge is -2.16. The second-order valence-corrected chi connectivity index (χ2v) is 8.20. The predicted octanol–water partition coefficient (Wildman–Crippen LogP) is 6.68. The highest BCUT2D eigenvalue weighted by atomic mass is 35.5. The number of ether oxygens (including phenoxy) is 1. The largest absolute Gasteiger partial charge is 0.481 e. The molecule has 4 rings (SSSR count). The van der Waals surface area contributed by atoms with Crippen LogP contribution in [0.5, 0.6) is 5.75 Å². The standard InChI is InChI=1S/C23H21ClFN3OS/c1-3-28-22(15(2)29-21-12-11-18(25)13-20(21)24)26-27-23(28)30-14-17-9-6-8-16-7-4-5-10-19(16)17/h4-13,15H,3,14H2,1-2H3. The highest BCUT2D eigenvalue weighted by Crippen LogP contribution is 2.31. The quantitative estimate of drug-likeness (QED) is 0.300. The molecule has 1 heterocycles. The molecular formula is C23H21ClFN3OS. The number of halogens is 2. The monoisotopic (exact) mass is 441 g/mol. The van der Waals surface area contributed by atoms with Gasteiger partial charge in [-0.25, -0.2) is 4.39 Å². The molecule has 0 saturated carbocycles. The first-order valence-corrected chi connectivity index (χ1v) is 11.1. The Balaban J connectivity index is 1.53. The average molecular weight is 442 g/mol. The highest BCUT2D eigenvalue weighted by Gasteiger charge is 2.20. The van der Waals surface area contributed by atoms with Crippen LogP contribution in [-0.2, 0) is 12.3 Å². The molecule has 0 bridgehead atoms. The van der Waals surface area contributed by atoms with E-state index in [-0.39, 0.29) is 11.1 Å². The maximum absolute atomic E-state index is 13.3. The third-order valence-electron chi connectivity index (χ3n) is 4.86. The molecule has 1 aromatic heterocycles. The van der Waals surface area contributed by atoms with Crippen LogP contribution >= 0.6 is 23.4 Å². The Morgan fingerprint density at radius 1 is 1.10 bits per heavy atom. The Hall–Kier alpha value is -2.57. The van der Waals surface area contributed by atoms with Gasteiger partial charge in [-0.15, -0.1) is 10.2 Å². The molecule has 1 unspecified atom stereocenters. The molecule has 4 aromatic rings. The second kappa shape index (κ2) is 9.06. The SMILES string of the molecule is CCn1c(SCc2cccc3ccccc23)nnc1C(C)Oc1ccc(F)cc1Cl. The van der Waals surface area contributed by atoms with Crippen molar-refractivity contribution in [3.8, 4) is 5.75 Å². The van der Waals surface area contributed by atoms with Crippen molar-refractivity contribution in [2.45, 2.75) is 37.4 Å². The molecule has 0 fully saturated rings. The zero-order chi connectivity index (χ0) is 21.1.